The van der Waals surface area contributed by atoms with Crippen molar-refractivity contribution in [1.29, 1.82) is 0 Å². The predicted molar refractivity (Wildman–Crippen MR) is 86.9 cm³/mol. The number of aryl methyl sites for hydroxylation is 1. The minimum absolute atomic E-state index is 0.0570. The molecule has 0 aliphatic carbocycles. The zero-order valence-corrected chi connectivity index (χ0v) is 13.0. The van der Waals surface area contributed by atoms with E-state index < -0.39 is 5.97 Å². The molecule has 0 saturated heterocycles. The molecule has 3 rings (SSSR count). The van der Waals surface area contributed by atoms with Gasteiger partial charge in [0, 0.05) is 25.0 Å². The van der Waals surface area contributed by atoms with E-state index in [0.717, 1.165) is 22.2 Å². The number of carbonyl (C=O) groups is 1. The average Bonchev–Trinajstić information content (AvgIpc) is 3.13. The van der Waals surface area contributed by atoms with E-state index >= 15 is 0 Å². The van der Waals surface area contributed by atoms with Gasteiger partial charge in [-0.25, -0.2) is 0 Å². The normalized spacial score (nSPS) is 12.6. The molecular weight excluding hydrogens is 298 g/mol. The summed E-state index contributed by atoms with van der Waals surface area (Å²) in [5, 5.41) is 22.0. The highest BCUT2D eigenvalue weighted by molar-refractivity contribution is 7.07. The third-order valence-electron chi connectivity index (χ3n) is 3.67. The number of para-hydroxylation sites is 1. The van der Waals surface area contributed by atoms with Gasteiger partial charge in [-0.2, -0.15) is 16.4 Å². The molecule has 6 heteroatoms. The molecule has 1 aromatic carbocycles. The molecule has 2 aromatic heterocycles. The SMILES string of the molecule is Cn1nc(CNC(CC(=O)O)c2ccsc2)c2ccccc21. The van der Waals surface area contributed by atoms with E-state index in [4.69, 9.17) is 5.11 Å². The second-order valence-corrected chi connectivity index (χ2v) is 5.96. The molecule has 0 aliphatic heterocycles. The van der Waals surface area contributed by atoms with E-state index in [1.807, 2.05) is 52.8 Å². The first-order valence-electron chi connectivity index (χ1n) is 7.03. The Bertz CT molecular complexity index is 780. The van der Waals surface area contributed by atoms with Gasteiger partial charge < -0.3 is 10.4 Å². The van der Waals surface area contributed by atoms with Crippen molar-refractivity contribution >= 4 is 28.2 Å². The fraction of sp³-hybridized carbons (Fsp3) is 0.250. The minimum Gasteiger partial charge on any atom is -0.481 e. The summed E-state index contributed by atoms with van der Waals surface area (Å²) in [6, 6.07) is 9.79. The number of nitrogens with zero attached hydrogens (tertiary/aromatic N) is 2. The maximum absolute atomic E-state index is 11.1. The predicted octanol–water partition coefficient (Wildman–Crippen LogP) is 2.94. The molecule has 1 unspecified atom stereocenters. The van der Waals surface area contributed by atoms with Crippen molar-refractivity contribution in [3.05, 3.63) is 52.3 Å². The number of thiophene rings is 1. The Kier molecular flexibility index (Phi) is 4.22. The van der Waals surface area contributed by atoms with E-state index in [1.165, 1.54) is 0 Å². The lowest BCUT2D eigenvalue weighted by atomic mass is 10.1. The molecule has 0 fully saturated rings. The molecule has 0 saturated carbocycles. The number of aliphatic carboxylic acids is 1. The molecule has 114 valence electrons. The molecule has 0 spiro atoms. The fourth-order valence-electron chi connectivity index (χ4n) is 2.59. The summed E-state index contributed by atoms with van der Waals surface area (Å²) in [5.41, 5.74) is 3.01. The first-order chi connectivity index (χ1) is 10.6. The summed E-state index contributed by atoms with van der Waals surface area (Å²) < 4.78 is 1.85. The number of hydrogen-bond donors (Lipinski definition) is 2. The van der Waals surface area contributed by atoms with Crippen molar-refractivity contribution in [2.45, 2.75) is 19.0 Å². The van der Waals surface area contributed by atoms with Gasteiger partial charge in [0.25, 0.3) is 0 Å². The van der Waals surface area contributed by atoms with Crippen LogP contribution in [0.4, 0.5) is 0 Å². The standard InChI is InChI=1S/C16H17N3O2S/c1-19-15-5-3-2-4-12(15)14(18-19)9-17-13(8-16(20)21)11-6-7-22-10-11/h2-7,10,13,17H,8-9H2,1H3,(H,20,21). The lowest BCUT2D eigenvalue weighted by Gasteiger charge is -2.15. The number of nitrogens with one attached hydrogen (secondary N) is 1. The van der Waals surface area contributed by atoms with Crippen molar-refractivity contribution in [2.75, 3.05) is 0 Å². The van der Waals surface area contributed by atoms with Crippen LogP contribution in [0.3, 0.4) is 0 Å². The van der Waals surface area contributed by atoms with Crippen LogP contribution in [-0.2, 0) is 18.4 Å². The van der Waals surface area contributed by atoms with Gasteiger partial charge in [0.15, 0.2) is 0 Å². The topological polar surface area (TPSA) is 67.2 Å². The van der Waals surface area contributed by atoms with Crippen LogP contribution in [0.5, 0.6) is 0 Å². The lowest BCUT2D eigenvalue weighted by molar-refractivity contribution is -0.137. The number of aromatic nitrogens is 2. The number of carboxylic acid groups (broad SMARTS) is 1. The van der Waals surface area contributed by atoms with Crippen molar-refractivity contribution in [3.63, 3.8) is 0 Å². The molecule has 0 radical (unpaired) electrons. The highest BCUT2D eigenvalue weighted by Crippen LogP contribution is 2.22. The van der Waals surface area contributed by atoms with Crippen LogP contribution in [0.25, 0.3) is 10.9 Å². The highest BCUT2D eigenvalue weighted by Gasteiger charge is 2.17. The largest absolute Gasteiger partial charge is 0.481 e. The monoisotopic (exact) mass is 315 g/mol. The Morgan fingerprint density at radius 1 is 1.41 bits per heavy atom. The van der Waals surface area contributed by atoms with Gasteiger partial charge in [0.05, 0.1) is 17.6 Å². The van der Waals surface area contributed by atoms with Crippen molar-refractivity contribution in [3.8, 4) is 0 Å². The summed E-state index contributed by atoms with van der Waals surface area (Å²) in [6.45, 7) is 0.537. The minimum atomic E-state index is -0.811. The third kappa shape index (κ3) is 3.03. The Hall–Kier alpha value is -2.18. The van der Waals surface area contributed by atoms with Crippen LogP contribution in [0, 0.1) is 0 Å². The highest BCUT2D eigenvalue weighted by atomic mass is 32.1. The van der Waals surface area contributed by atoms with Crippen LogP contribution in [0.15, 0.2) is 41.1 Å². The Labute approximate surface area is 132 Å². The second-order valence-electron chi connectivity index (χ2n) is 5.18. The molecule has 2 N–H and O–H groups in total. The third-order valence-corrected chi connectivity index (χ3v) is 4.38. The molecule has 0 amide bonds. The molecule has 0 bridgehead atoms. The van der Waals surface area contributed by atoms with E-state index in [-0.39, 0.29) is 12.5 Å². The molecule has 22 heavy (non-hydrogen) atoms. The van der Waals surface area contributed by atoms with Crippen LogP contribution >= 0.6 is 11.3 Å². The van der Waals surface area contributed by atoms with Crippen molar-refractivity contribution < 1.29 is 9.90 Å². The van der Waals surface area contributed by atoms with Gasteiger partial charge in [-0.15, -0.1) is 0 Å². The Balaban J connectivity index is 1.80. The summed E-state index contributed by atoms with van der Waals surface area (Å²) in [5.74, 6) is -0.811. The van der Waals surface area contributed by atoms with Crippen LogP contribution < -0.4 is 5.32 Å². The summed E-state index contributed by atoms with van der Waals surface area (Å²) in [4.78, 5) is 11.1. The lowest BCUT2D eigenvalue weighted by Crippen LogP contribution is -2.23. The Morgan fingerprint density at radius 2 is 2.23 bits per heavy atom. The van der Waals surface area contributed by atoms with Gasteiger partial charge in [-0.1, -0.05) is 18.2 Å². The first-order valence-corrected chi connectivity index (χ1v) is 7.97. The maximum atomic E-state index is 11.1. The van der Waals surface area contributed by atoms with Crippen LogP contribution in [0.2, 0.25) is 0 Å². The smallest absolute Gasteiger partial charge is 0.305 e. The van der Waals surface area contributed by atoms with Crippen molar-refractivity contribution in [2.24, 2.45) is 7.05 Å². The first kappa shape index (κ1) is 14.7. The van der Waals surface area contributed by atoms with E-state index in [2.05, 4.69) is 10.4 Å². The molecule has 1 atom stereocenters. The number of carboxylic acids is 1. The van der Waals surface area contributed by atoms with Gasteiger partial charge in [0.2, 0.25) is 0 Å². The zero-order chi connectivity index (χ0) is 15.5. The number of hydrogen-bond acceptors (Lipinski definition) is 4. The fourth-order valence-corrected chi connectivity index (χ4v) is 3.31. The molecule has 5 nitrogen and oxygen atoms in total. The average molecular weight is 315 g/mol. The molecule has 3 aromatic rings. The van der Waals surface area contributed by atoms with Crippen LogP contribution in [0.1, 0.15) is 23.7 Å². The number of fused-ring (bicyclic) bond motifs is 1. The van der Waals surface area contributed by atoms with Gasteiger partial charge in [-0.3, -0.25) is 9.48 Å². The van der Waals surface area contributed by atoms with Gasteiger partial charge in [0.1, 0.15) is 0 Å². The van der Waals surface area contributed by atoms with Crippen molar-refractivity contribution in [1.82, 2.24) is 15.1 Å². The summed E-state index contributed by atoms with van der Waals surface area (Å²) in [6.07, 6.45) is 0.0570. The zero-order valence-electron chi connectivity index (χ0n) is 12.2. The van der Waals surface area contributed by atoms with E-state index in [1.54, 1.807) is 11.3 Å². The summed E-state index contributed by atoms with van der Waals surface area (Å²) >= 11 is 1.57. The van der Waals surface area contributed by atoms with Gasteiger partial charge in [-0.05, 0) is 28.5 Å². The maximum Gasteiger partial charge on any atom is 0.305 e. The molecule has 0 aliphatic rings. The Morgan fingerprint density at radius 3 is 2.95 bits per heavy atom. The van der Waals surface area contributed by atoms with E-state index in [9.17, 15) is 4.79 Å². The number of rotatable bonds is 6. The second kappa shape index (κ2) is 6.29. The quantitative estimate of drug-likeness (QED) is 0.734. The summed E-state index contributed by atoms with van der Waals surface area (Å²) in [7, 11) is 1.92. The van der Waals surface area contributed by atoms with Gasteiger partial charge >= 0.3 is 5.97 Å². The molecule has 2 heterocycles. The van der Waals surface area contributed by atoms with E-state index in [0.29, 0.717) is 6.54 Å². The molecular formula is C16H17N3O2S. The van der Waals surface area contributed by atoms with Crippen LogP contribution in [-0.4, -0.2) is 20.9 Å². The number of benzene rings is 1.